The van der Waals surface area contributed by atoms with Crippen LogP contribution in [0.3, 0.4) is 0 Å². The molecule has 2 bridgehead atoms. The Hall–Kier alpha value is -3.30. The molecule has 4 atom stereocenters. The molecule has 0 saturated carbocycles. The largest absolute Gasteiger partial charge is 0.458 e. The lowest BCUT2D eigenvalue weighted by Crippen LogP contribution is -2.62. The standard InChI is InChI=1S/C19H14N2O7/c22-17-16-15(12-6-8-13(9-7-12)21(24)25)27-19(28-16)18(23)26-10-14(20(17)19)11-4-2-1-3-5-11/h1-9,14-16H,10H2/t14-,15-,16+,19+/m1/s1. The molecule has 1 amide bonds. The van der Waals surface area contributed by atoms with Crippen LogP contribution in [0.5, 0.6) is 0 Å². The van der Waals surface area contributed by atoms with E-state index in [-0.39, 0.29) is 18.2 Å². The highest BCUT2D eigenvalue weighted by Crippen LogP contribution is 2.52. The third-order valence-electron chi connectivity index (χ3n) is 5.21. The van der Waals surface area contributed by atoms with Crippen LogP contribution in [0.4, 0.5) is 5.69 Å². The van der Waals surface area contributed by atoms with Crippen LogP contribution in [-0.2, 0) is 23.8 Å². The second kappa shape index (κ2) is 5.85. The Morgan fingerprint density at radius 3 is 2.32 bits per heavy atom. The monoisotopic (exact) mass is 382 g/mol. The number of benzene rings is 2. The summed E-state index contributed by atoms with van der Waals surface area (Å²) in [5.74, 6) is -3.09. The molecular weight excluding hydrogens is 368 g/mol. The van der Waals surface area contributed by atoms with E-state index in [1.54, 1.807) is 0 Å². The first-order chi connectivity index (χ1) is 13.5. The van der Waals surface area contributed by atoms with Crippen LogP contribution in [0.15, 0.2) is 54.6 Å². The quantitative estimate of drug-likeness (QED) is 0.453. The van der Waals surface area contributed by atoms with Gasteiger partial charge in [-0.1, -0.05) is 30.3 Å². The highest BCUT2D eigenvalue weighted by Gasteiger charge is 2.72. The van der Waals surface area contributed by atoms with Gasteiger partial charge in [0.25, 0.3) is 11.6 Å². The second-order valence-electron chi connectivity index (χ2n) is 6.74. The molecule has 0 unspecified atom stereocenters. The fourth-order valence-electron chi connectivity index (χ4n) is 3.89. The van der Waals surface area contributed by atoms with Gasteiger partial charge in [0.1, 0.15) is 12.7 Å². The van der Waals surface area contributed by atoms with Crippen LogP contribution >= 0.6 is 0 Å². The van der Waals surface area contributed by atoms with Crippen LogP contribution in [-0.4, -0.2) is 40.3 Å². The van der Waals surface area contributed by atoms with Gasteiger partial charge in [-0.15, -0.1) is 0 Å². The highest BCUT2D eigenvalue weighted by molar-refractivity contribution is 5.94. The molecule has 3 aliphatic heterocycles. The van der Waals surface area contributed by atoms with Gasteiger partial charge in [-0.05, 0) is 23.3 Å². The van der Waals surface area contributed by atoms with Gasteiger partial charge in [0.2, 0.25) is 0 Å². The van der Waals surface area contributed by atoms with Crippen LogP contribution in [0.1, 0.15) is 23.3 Å². The number of carbonyl (C=O) groups is 2. The average Bonchev–Trinajstić information content (AvgIpc) is 3.24. The first-order valence-electron chi connectivity index (χ1n) is 8.66. The van der Waals surface area contributed by atoms with E-state index in [4.69, 9.17) is 14.2 Å². The number of hydrogen-bond acceptors (Lipinski definition) is 7. The number of amides is 1. The van der Waals surface area contributed by atoms with Gasteiger partial charge in [-0.2, -0.15) is 0 Å². The Morgan fingerprint density at radius 1 is 0.964 bits per heavy atom. The van der Waals surface area contributed by atoms with Crippen molar-refractivity contribution >= 4 is 17.6 Å². The normalized spacial score (nSPS) is 30.9. The van der Waals surface area contributed by atoms with Crippen LogP contribution in [0, 0.1) is 10.1 Å². The number of nitro benzene ring substituents is 1. The summed E-state index contributed by atoms with van der Waals surface area (Å²) in [5.41, 5.74) is 1.23. The predicted octanol–water partition coefficient (Wildman–Crippen LogP) is 1.85. The molecular formula is C19H14N2O7. The molecule has 0 radical (unpaired) electrons. The summed E-state index contributed by atoms with van der Waals surface area (Å²) < 4.78 is 16.9. The van der Waals surface area contributed by atoms with E-state index in [0.29, 0.717) is 5.56 Å². The Labute approximate surface area is 158 Å². The van der Waals surface area contributed by atoms with Crippen molar-refractivity contribution in [1.29, 1.82) is 0 Å². The molecule has 9 nitrogen and oxygen atoms in total. The van der Waals surface area contributed by atoms with Crippen molar-refractivity contribution in [3.05, 3.63) is 75.8 Å². The molecule has 0 aliphatic carbocycles. The zero-order chi connectivity index (χ0) is 19.5. The summed E-state index contributed by atoms with van der Waals surface area (Å²) in [6.07, 6.45) is -1.88. The number of fused-ring (bicyclic) bond motifs is 1. The van der Waals surface area contributed by atoms with Crippen LogP contribution in [0.2, 0.25) is 0 Å². The molecule has 3 fully saturated rings. The number of esters is 1. The number of hydrogen-bond donors (Lipinski definition) is 0. The minimum Gasteiger partial charge on any atom is -0.458 e. The maximum absolute atomic E-state index is 13.1. The van der Waals surface area contributed by atoms with Gasteiger partial charge in [0, 0.05) is 12.1 Å². The summed E-state index contributed by atoms with van der Waals surface area (Å²) in [6, 6.07) is 14.3. The molecule has 142 valence electrons. The summed E-state index contributed by atoms with van der Waals surface area (Å²) in [6.45, 7) is 0.0119. The number of ether oxygens (including phenoxy) is 3. The SMILES string of the molecule is O=C1[C@H]2O[C@@]3(O[C@@H]2c2ccc([N+](=O)[O-])cc2)C(=O)OC[C@H](c2ccccc2)N13. The Morgan fingerprint density at radius 2 is 1.64 bits per heavy atom. The molecule has 28 heavy (non-hydrogen) atoms. The van der Waals surface area contributed by atoms with Gasteiger partial charge in [-0.25, -0.2) is 4.79 Å². The van der Waals surface area contributed by atoms with E-state index in [2.05, 4.69) is 0 Å². The van der Waals surface area contributed by atoms with Gasteiger partial charge < -0.3 is 14.2 Å². The number of carbonyl (C=O) groups excluding carboxylic acids is 2. The van der Waals surface area contributed by atoms with E-state index in [1.165, 1.54) is 29.2 Å². The van der Waals surface area contributed by atoms with E-state index < -0.39 is 35.1 Å². The molecule has 0 aromatic heterocycles. The predicted molar refractivity (Wildman–Crippen MR) is 91.5 cm³/mol. The summed E-state index contributed by atoms with van der Waals surface area (Å²) >= 11 is 0. The third-order valence-corrected chi connectivity index (χ3v) is 5.21. The third kappa shape index (κ3) is 2.20. The Kier molecular flexibility index (Phi) is 3.52. The maximum Gasteiger partial charge on any atom is 0.390 e. The van der Waals surface area contributed by atoms with Crippen LogP contribution in [0.25, 0.3) is 0 Å². The molecule has 3 saturated heterocycles. The lowest BCUT2D eigenvalue weighted by Gasteiger charge is -2.43. The molecule has 2 aromatic rings. The average molecular weight is 382 g/mol. The summed E-state index contributed by atoms with van der Waals surface area (Å²) in [4.78, 5) is 37.3. The fourth-order valence-corrected chi connectivity index (χ4v) is 3.89. The maximum atomic E-state index is 13.1. The fraction of sp³-hybridized carbons (Fsp3) is 0.263. The number of non-ortho nitro benzene ring substituents is 1. The summed E-state index contributed by atoms with van der Waals surface area (Å²) in [7, 11) is 0. The van der Waals surface area contributed by atoms with Crippen molar-refractivity contribution in [1.82, 2.24) is 4.90 Å². The van der Waals surface area contributed by atoms with E-state index in [0.717, 1.165) is 5.56 Å². The van der Waals surface area contributed by atoms with E-state index >= 15 is 0 Å². The molecule has 3 aliphatic rings. The lowest BCUT2D eigenvalue weighted by atomic mass is 9.99. The summed E-state index contributed by atoms with van der Waals surface area (Å²) in [5, 5.41) is 10.8. The molecule has 1 spiro atoms. The number of nitro groups is 1. The number of cyclic esters (lactones) is 1. The molecule has 9 heteroatoms. The van der Waals surface area contributed by atoms with Crippen molar-refractivity contribution < 1.29 is 28.7 Å². The highest BCUT2D eigenvalue weighted by atomic mass is 16.8. The molecule has 2 aromatic carbocycles. The topological polar surface area (TPSA) is 108 Å². The van der Waals surface area contributed by atoms with Crippen molar-refractivity contribution in [2.75, 3.05) is 6.61 Å². The first-order valence-corrected chi connectivity index (χ1v) is 8.66. The number of morpholine rings is 1. The van der Waals surface area contributed by atoms with Crippen molar-refractivity contribution in [3.8, 4) is 0 Å². The number of nitrogens with zero attached hydrogens (tertiary/aromatic N) is 2. The van der Waals surface area contributed by atoms with Crippen LogP contribution < -0.4 is 0 Å². The minimum atomic E-state index is -1.94. The van der Waals surface area contributed by atoms with Crippen molar-refractivity contribution in [2.45, 2.75) is 24.2 Å². The van der Waals surface area contributed by atoms with Gasteiger partial charge in [0.15, 0.2) is 6.10 Å². The van der Waals surface area contributed by atoms with E-state index in [1.807, 2.05) is 30.3 Å². The Balaban J connectivity index is 1.50. The zero-order valence-electron chi connectivity index (χ0n) is 14.4. The molecule has 3 heterocycles. The van der Waals surface area contributed by atoms with Crippen molar-refractivity contribution in [2.24, 2.45) is 0 Å². The molecule has 5 rings (SSSR count). The zero-order valence-corrected chi connectivity index (χ0v) is 14.4. The number of rotatable bonds is 3. The molecule has 0 N–H and O–H groups in total. The lowest BCUT2D eigenvalue weighted by molar-refractivity contribution is -0.384. The van der Waals surface area contributed by atoms with Crippen molar-refractivity contribution in [3.63, 3.8) is 0 Å². The second-order valence-corrected chi connectivity index (χ2v) is 6.74. The smallest absolute Gasteiger partial charge is 0.390 e. The van der Waals surface area contributed by atoms with E-state index in [9.17, 15) is 19.7 Å². The first kappa shape index (κ1) is 16.8. The van der Waals surface area contributed by atoms with Gasteiger partial charge in [-0.3, -0.25) is 19.8 Å². The Bertz CT molecular complexity index is 978. The van der Waals surface area contributed by atoms with Gasteiger partial charge in [0.05, 0.1) is 11.0 Å². The van der Waals surface area contributed by atoms with Gasteiger partial charge >= 0.3 is 11.9 Å². The minimum absolute atomic E-state index is 0.0119.